The van der Waals surface area contributed by atoms with Crippen molar-refractivity contribution in [1.29, 1.82) is 0 Å². The van der Waals surface area contributed by atoms with Crippen molar-refractivity contribution in [3.63, 3.8) is 0 Å². The maximum Gasteiger partial charge on any atom is 0.197 e. The van der Waals surface area contributed by atoms with E-state index in [-0.39, 0.29) is 0 Å². The summed E-state index contributed by atoms with van der Waals surface area (Å²) in [7, 11) is 1.63. The summed E-state index contributed by atoms with van der Waals surface area (Å²) in [4.78, 5) is 0. The Kier molecular flexibility index (Phi) is 7.23. The van der Waals surface area contributed by atoms with Gasteiger partial charge in [-0.2, -0.15) is 10.2 Å². The van der Waals surface area contributed by atoms with Crippen LogP contribution >= 0.6 is 0 Å². The number of aliphatic hydroxyl groups is 1. The van der Waals surface area contributed by atoms with Crippen LogP contribution in [0, 0.1) is 0 Å². The molecule has 0 aliphatic rings. The van der Waals surface area contributed by atoms with E-state index in [1.54, 1.807) is 31.4 Å². The molecular weight excluding hydrogens is 304 g/mol. The minimum Gasteiger partial charge on any atom is -0.497 e. The van der Waals surface area contributed by atoms with Crippen molar-refractivity contribution < 1.29 is 14.6 Å². The van der Waals surface area contributed by atoms with Crippen LogP contribution in [0.4, 0.5) is 11.4 Å². The van der Waals surface area contributed by atoms with E-state index in [1.165, 1.54) is 0 Å². The fraction of sp³-hybridized carbons (Fsp3) is 0.368. The van der Waals surface area contributed by atoms with E-state index >= 15 is 0 Å². The van der Waals surface area contributed by atoms with Gasteiger partial charge < -0.3 is 14.6 Å². The van der Waals surface area contributed by atoms with Crippen LogP contribution in [-0.2, 0) is 0 Å². The average molecular weight is 328 g/mol. The van der Waals surface area contributed by atoms with E-state index in [1.807, 2.05) is 24.3 Å². The van der Waals surface area contributed by atoms with Crippen LogP contribution in [0.15, 0.2) is 58.8 Å². The summed E-state index contributed by atoms with van der Waals surface area (Å²) < 4.78 is 10.6. The lowest BCUT2D eigenvalue weighted by molar-refractivity contribution is -0.0245. The zero-order valence-corrected chi connectivity index (χ0v) is 14.2. The predicted octanol–water partition coefficient (Wildman–Crippen LogP) is 5.39. The standard InChI is InChI=1S/C19H24N2O3/c1-3-4-5-6-19(22)24-18-13-9-16(10-14-18)21-20-15-7-11-17(23-2)12-8-15/h7-14,19,22H,3-6H2,1-2H3. The van der Waals surface area contributed by atoms with Gasteiger partial charge in [-0.15, -0.1) is 0 Å². The summed E-state index contributed by atoms with van der Waals surface area (Å²) in [6.45, 7) is 2.13. The largest absolute Gasteiger partial charge is 0.497 e. The molecule has 0 aliphatic carbocycles. The highest BCUT2D eigenvalue weighted by atomic mass is 16.6. The van der Waals surface area contributed by atoms with Crippen molar-refractivity contribution in [1.82, 2.24) is 0 Å². The first-order valence-electron chi connectivity index (χ1n) is 8.22. The van der Waals surface area contributed by atoms with Crippen molar-refractivity contribution in [3.8, 4) is 11.5 Å². The third kappa shape index (κ3) is 6.01. The topological polar surface area (TPSA) is 63.4 Å². The Hall–Kier alpha value is -2.40. The van der Waals surface area contributed by atoms with Crippen molar-refractivity contribution in [2.24, 2.45) is 10.2 Å². The number of hydrogen-bond acceptors (Lipinski definition) is 5. The van der Waals surface area contributed by atoms with Crippen LogP contribution in [-0.4, -0.2) is 18.5 Å². The number of benzene rings is 2. The van der Waals surface area contributed by atoms with Crippen molar-refractivity contribution >= 4 is 11.4 Å². The maximum atomic E-state index is 9.82. The van der Waals surface area contributed by atoms with Gasteiger partial charge in [-0.3, -0.25) is 0 Å². The van der Waals surface area contributed by atoms with Crippen LogP contribution in [0.2, 0.25) is 0 Å². The monoisotopic (exact) mass is 328 g/mol. The first-order chi connectivity index (χ1) is 11.7. The minimum atomic E-state index is -0.761. The SMILES string of the molecule is CCCCCC(O)Oc1ccc(N=Nc2ccc(OC)cc2)cc1. The molecule has 0 aromatic heterocycles. The Bertz CT molecular complexity index is 624. The van der Waals surface area contributed by atoms with Gasteiger partial charge in [0, 0.05) is 6.42 Å². The number of azo groups is 1. The van der Waals surface area contributed by atoms with Crippen molar-refractivity contribution in [3.05, 3.63) is 48.5 Å². The van der Waals surface area contributed by atoms with Crippen LogP contribution < -0.4 is 9.47 Å². The second kappa shape index (κ2) is 9.67. The second-order valence-corrected chi connectivity index (χ2v) is 5.46. The van der Waals surface area contributed by atoms with E-state index < -0.39 is 6.29 Å². The third-order valence-electron chi connectivity index (χ3n) is 3.52. The van der Waals surface area contributed by atoms with Crippen LogP contribution in [0.3, 0.4) is 0 Å². The normalized spacial score (nSPS) is 12.3. The van der Waals surface area contributed by atoms with E-state index in [2.05, 4.69) is 17.2 Å². The van der Waals surface area contributed by atoms with E-state index in [0.29, 0.717) is 12.2 Å². The lowest BCUT2D eigenvalue weighted by Crippen LogP contribution is -2.14. The quantitative estimate of drug-likeness (QED) is 0.381. The summed E-state index contributed by atoms with van der Waals surface area (Å²) in [6, 6.07) is 14.5. The molecule has 1 atom stereocenters. The van der Waals surface area contributed by atoms with Crippen LogP contribution in [0.5, 0.6) is 11.5 Å². The Morgan fingerprint density at radius 3 is 1.92 bits per heavy atom. The molecule has 5 heteroatoms. The van der Waals surface area contributed by atoms with Gasteiger partial charge in [0.15, 0.2) is 6.29 Å². The van der Waals surface area contributed by atoms with Gasteiger partial charge >= 0.3 is 0 Å². The van der Waals surface area contributed by atoms with Gasteiger partial charge in [-0.1, -0.05) is 19.8 Å². The molecule has 1 unspecified atom stereocenters. The fourth-order valence-electron chi connectivity index (χ4n) is 2.14. The molecule has 2 aromatic carbocycles. The maximum absolute atomic E-state index is 9.82. The summed E-state index contributed by atoms with van der Waals surface area (Å²) >= 11 is 0. The molecule has 0 saturated carbocycles. The molecule has 0 aliphatic heterocycles. The molecule has 0 spiro atoms. The number of rotatable bonds is 9. The second-order valence-electron chi connectivity index (χ2n) is 5.46. The summed E-state index contributed by atoms with van der Waals surface area (Å²) in [5.74, 6) is 1.41. The third-order valence-corrected chi connectivity index (χ3v) is 3.52. The van der Waals surface area contributed by atoms with Crippen molar-refractivity contribution in [2.45, 2.75) is 38.9 Å². The molecular formula is C19H24N2O3. The molecule has 0 fully saturated rings. The number of nitrogens with zero attached hydrogens (tertiary/aromatic N) is 2. The van der Waals surface area contributed by atoms with Gasteiger partial charge in [-0.25, -0.2) is 0 Å². The van der Waals surface area contributed by atoms with Gasteiger partial charge in [0.1, 0.15) is 11.5 Å². The van der Waals surface area contributed by atoms with E-state index in [9.17, 15) is 5.11 Å². The minimum absolute atomic E-state index is 0.627. The zero-order chi connectivity index (χ0) is 17.2. The van der Waals surface area contributed by atoms with Gasteiger partial charge in [-0.05, 0) is 55.0 Å². The Morgan fingerprint density at radius 2 is 1.42 bits per heavy atom. The Balaban J connectivity index is 1.87. The lowest BCUT2D eigenvalue weighted by Gasteiger charge is -2.13. The Labute approximate surface area is 143 Å². The highest BCUT2D eigenvalue weighted by molar-refractivity contribution is 5.44. The average Bonchev–Trinajstić information content (AvgIpc) is 2.62. The van der Waals surface area contributed by atoms with Crippen LogP contribution in [0.25, 0.3) is 0 Å². The molecule has 1 N–H and O–H groups in total. The molecule has 0 bridgehead atoms. The fourth-order valence-corrected chi connectivity index (χ4v) is 2.14. The molecule has 2 rings (SSSR count). The smallest absolute Gasteiger partial charge is 0.197 e. The first-order valence-corrected chi connectivity index (χ1v) is 8.22. The van der Waals surface area contributed by atoms with Gasteiger partial charge in [0.2, 0.25) is 0 Å². The number of unbranched alkanes of at least 4 members (excludes halogenated alkanes) is 2. The highest BCUT2D eigenvalue weighted by Gasteiger charge is 2.05. The zero-order valence-electron chi connectivity index (χ0n) is 14.2. The molecule has 2 aromatic rings. The summed E-state index contributed by atoms with van der Waals surface area (Å²) in [6.07, 6.45) is 3.08. The molecule has 5 nitrogen and oxygen atoms in total. The number of methoxy groups -OCH3 is 1. The molecule has 0 radical (unpaired) electrons. The van der Waals surface area contributed by atoms with Crippen molar-refractivity contribution in [2.75, 3.05) is 7.11 Å². The molecule has 128 valence electrons. The first kappa shape index (κ1) is 17.9. The molecule has 0 amide bonds. The number of ether oxygens (including phenoxy) is 2. The van der Waals surface area contributed by atoms with E-state index in [4.69, 9.17) is 9.47 Å². The number of hydrogen-bond donors (Lipinski definition) is 1. The Morgan fingerprint density at radius 1 is 0.875 bits per heavy atom. The molecule has 0 heterocycles. The summed E-state index contributed by atoms with van der Waals surface area (Å²) in [5, 5.41) is 18.2. The van der Waals surface area contributed by atoms with Gasteiger partial charge in [0.05, 0.1) is 18.5 Å². The highest BCUT2D eigenvalue weighted by Crippen LogP contribution is 2.23. The summed E-state index contributed by atoms with van der Waals surface area (Å²) in [5.41, 5.74) is 1.47. The van der Waals surface area contributed by atoms with Crippen LogP contribution in [0.1, 0.15) is 32.6 Å². The molecule has 0 saturated heterocycles. The predicted molar refractivity (Wildman–Crippen MR) is 94.4 cm³/mol. The van der Waals surface area contributed by atoms with E-state index in [0.717, 1.165) is 36.4 Å². The number of aliphatic hydroxyl groups excluding tert-OH is 1. The van der Waals surface area contributed by atoms with Gasteiger partial charge in [0.25, 0.3) is 0 Å². The molecule has 24 heavy (non-hydrogen) atoms. The lowest BCUT2D eigenvalue weighted by atomic mass is 10.2.